The molecule has 25 heavy (non-hydrogen) atoms. The summed E-state index contributed by atoms with van der Waals surface area (Å²) in [5, 5.41) is 11.0. The van der Waals surface area contributed by atoms with Crippen LogP contribution >= 0.6 is 23.4 Å². The summed E-state index contributed by atoms with van der Waals surface area (Å²) in [4.78, 5) is 36.3. The Labute approximate surface area is 152 Å². The molecule has 1 heterocycles. The molecule has 1 aliphatic heterocycles. The van der Waals surface area contributed by atoms with Gasteiger partial charge in [-0.15, -0.1) is 0 Å². The summed E-state index contributed by atoms with van der Waals surface area (Å²) < 4.78 is 0. The molecule has 2 amide bonds. The lowest BCUT2D eigenvalue weighted by molar-refractivity contribution is -0.384. The molecular formula is C17H11ClN2O4S. The highest BCUT2D eigenvalue weighted by Crippen LogP contribution is 2.33. The summed E-state index contributed by atoms with van der Waals surface area (Å²) >= 11 is 6.64. The minimum atomic E-state index is -0.510. The summed E-state index contributed by atoms with van der Waals surface area (Å²) in [6.45, 7) is 0.147. The van der Waals surface area contributed by atoms with Gasteiger partial charge in [-0.05, 0) is 41.1 Å². The first-order valence-corrected chi connectivity index (χ1v) is 8.38. The van der Waals surface area contributed by atoms with Gasteiger partial charge in [-0.25, -0.2) is 0 Å². The van der Waals surface area contributed by atoms with E-state index in [1.54, 1.807) is 30.3 Å². The van der Waals surface area contributed by atoms with Gasteiger partial charge in [0.15, 0.2) is 0 Å². The van der Waals surface area contributed by atoms with Crippen LogP contribution in [0.5, 0.6) is 0 Å². The first kappa shape index (κ1) is 17.2. The highest BCUT2D eigenvalue weighted by molar-refractivity contribution is 8.18. The number of imide groups is 1. The number of carbonyl (C=O) groups is 2. The molecule has 0 N–H and O–H groups in total. The van der Waals surface area contributed by atoms with E-state index in [9.17, 15) is 19.7 Å². The third-order valence-electron chi connectivity index (χ3n) is 3.51. The molecule has 0 radical (unpaired) electrons. The molecular weight excluding hydrogens is 364 g/mol. The Kier molecular flexibility index (Phi) is 4.87. The normalized spacial score (nSPS) is 15.9. The summed E-state index contributed by atoms with van der Waals surface area (Å²) in [6, 6.07) is 12.8. The van der Waals surface area contributed by atoms with Crippen LogP contribution in [0.3, 0.4) is 0 Å². The van der Waals surface area contributed by atoms with E-state index in [1.807, 2.05) is 0 Å². The van der Waals surface area contributed by atoms with Gasteiger partial charge in [0.25, 0.3) is 16.8 Å². The van der Waals surface area contributed by atoms with Crippen LogP contribution < -0.4 is 0 Å². The molecule has 0 aliphatic carbocycles. The van der Waals surface area contributed by atoms with Crippen LogP contribution in [0.25, 0.3) is 6.08 Å². The lowest BCUT2D eigenvalue weighted by Crippen LogP contribution is -2.27. The largest absolute Gasteiger partial charge is 0.293 e. The van der Waals surface area contributed by atoms with Crippen LogP contribution in [0.4, 0.5) is 10.5 Å². The van der Waals surface area contributed by atoms with E-state index in [0.717, 1.165) is 22.2 Å². The van der Waals surface area contributed by atoms with Crippen molar-refractivity contribution in [3.05, 3.63) is 79.7 Å². The molecule has 3 rings (SSSR count). The quantitative estimate of drug-likeness (QED) is 0.447. The van der Waals surface area contributed by atoms with E-state index in [1.165, 1.54) is 24.3 Å². The zero-order chi connectivity index (χ0) is 18.0. The van der Waals surface area contributed by atoms with E-state index < -0.39 is 10.8 Å². The number of nitrogens with zero attached hydrogens (tertiary/aromatic N) is 2. The number of rotatable bonds is 4. The van der Waals surface area contributed by atoms with Gasteiger partial charge in [-0.2, -0.15) is 0 Å². The molecule has 8 heteroatoms. The van der Waals surface area contributed by atoms with Crippen molar-refractivity contribution in [2.75, 3.05) is 0 Å². The molecule has 2 aromatic carbocycles. The number of hydrogen-bond donors (Lipinski definition) is 0. The number of nitro benzene ring substituents is 1. The number of non-ortho nitro benzene ring substituents is 1. The van der Waals surface area contributed by atoms with Crippen LogP contribution in [-0.2, 0) is 11.3 Å². The average Bonchev–Trinajstić information content (AvgIpc) is 2.84. The fourth-order valence-corrected chi connectivity index (χ4v) is 3.25. The monoisotopic (exact) mass is 374 g/mol. The van der Waals surface area contributed by atoms with E-state index >= 15 is 0 Å². The number of hydrogen-bond acceptors (Lipinski definition) is 5. The summed E-state index contributed by atoms with van der Waals surface area (Å²) in [6.07, 6.45) is 1.49. The molecule has 1 saturated heterocycles. The average molecular weight is 375 g/mol. The molecule has 1 aliphatic rings. The second-order valence-electron chi connectivity index (χ2n) is 5.25. The third kappa shape index (κ3) is 3.89. The van der Waals surface area contributed by atoms with Gasteiger partial charge in [-0.3, -0.25) is 24.6 Å². The van der Waals surface area contributed by atoms with Crippen LogP contribution in [0.1, 0.15) is 11.1 Å². The second kappa shape index (κ2) is 7.08. The maximum atomic E-state index is 12.5. The predicted octanol–water partition coefficient (Wildman–Crippen LogP) is 4.48. The zero-order valence-electron chi connectivity index (χ0n) is 12.7. The highest BCUT2D eigenvalue weighted by Gasteiger charge is 2.35. The van der Waals surface area contributed by atoms with Gasteiger partial charge in [0.1, 0.15) is 0 Å². The van der Waals surface area contributed by atoms with Crippen molar-refractivity contribution in [1.29, 1.82) is 0 Å². The maximum absolute atomic E-state index is 12.5. The van der Waals surface area contributed by atoms with Gasteiger partial charge in [0.05, 0.1) is 16.4 Å². The Bertz CT molecular complexity index is 896. The number of carbonyl (C=O) groups excluding carboxylic acids is 2. The smallest absolute Gasteiger partial charge is 0.268 e. The van der Waals surface area contributed by atoms with E-state index in [-0.39, 0.29) is 22.4 Å². The molecule has 126 valence electrons. The molecule has 0 atom stereocenters. The van der Waals surface area contributed by atoms with Gasteiger partial charge in [0.2, 0.25) is 0 Å². The zero-order valence-corrected chi connectivity index (χ0v) is 14.3. The Morgan fingerprint density at radius 2 is 1.88 bits per heavy atom. The van der Waals surface area contributed by atoms with Crippen molar-refractivity contribution >= 4 is 46.3 Å². The topological polar surface area (TPSA) is 80.5 Å². The van der Waals surface area contributed by atoms with Crippen molar-refractivity contribution in [3.63, 3.8) is 0 Å². The third-order valence-corrected chi connectivity index (χ3v) is 4.67. The molecule has 6 nitrogen and oxygen atoms in total. The predicted molar refractivity (Wildman–Crippen MR) is 96.1 cm³/mol. The molecule has 2 aromatic rings. The first-order chi connectivity index (χ1) is 11.9. The lowest BCUT2D eigenvalue weighted by Gasteiger charge is -2.12. The van der Waals surface area contributed by atoms with Crippen LogP contribution in [-0.4, -0.2) is 21.0 Å². The number of halogens is 1. The number of thioether (sulfide) groups is 1. The Morgan fingerprint density at radius 1 is 1.16 bits per heavy atom. The molecule has 1 fully saturated rings. The maximum Gasteiger partial charge on any atom is 0.293 e. The number of amides is 2. The van der Waals surface area contributed by atoms with Crippen LogP contribution in [0.2, 0.25) is 5.02 Å². The van der Waals surface area contributed by atoms with E-state index in [0.29, 0.717) is 10.6 Å². The van der Waals surface area contributed by atoms with Crippen molar-refractivity contribution in [1.82, 2.24) is 4.90 Å². The summed E-state index contributed by atoms with van der Waals surface area (Å²) in [7, 11) is 0. The van der Waals surface area contributed by atoms with Crippen molar-refractivity contribution < 1.29 is 14.5 Å². The molecule has 0 saturated carbocycles. The van der Waals surface area contributed by atoms with E-state index in [2.05, 4.69) is 0 Å². The van der Waals surface area contributed by atoms with Gasteiger partial charge in [-0.1, -0.05) is 35.9 Å². The Morgan fingerprint density at radius 3 is 2.56 bits per heavy atom. The minimum absolute atomic E-state index is 0.0749. The van der Waals surface area contributed by atoms with E-state index in [4.69, 9.17) is 11.6 Å². The molecule has 0 aromatic heterocycles. The molecule has 0 spiro atoms. The summed E-state index contributed by atoms with van der Waals surface area (Å²) in [5.74, 6) is -0.420. The van der Waals surface area contributed by atoms with Gasteiger partial charge < -0.3 is 0 Å². The van der Waals surface area contributed by atoms with Gasteiger partial charge in [0, 0.05) is 17.2 Å². The lowest BCUT2D eigenvalue weighted by atomic mass is 10.2. The summed E-state index contributed by atoms with van der Waals surface area (Å²) in [5.41, 5.74) is 1.20. The van der Waals surface area contributed by atoms with Crippen molar-refractivity contribution in [3.8, 4) is 0 Å². The standard InChI is InChI=1S/C17H11ClN2O4S/c18-13-6-4-11(5-7-13)10-19-16(21)15(25-17(19)22)9-12-2-1-3-14(8-12)20(23)24/h1-9H,10H2/b15-9-. The molecule has 0 unspecified atom stereocenters. The number of benzene rings is 2. The minimum Gasteiger partial charge on any atom is -0.268 e. The van der Waals surface area contributed by atoms with Gasteiger partial charge >= 0.3 is 0 Å². The molecule has 0 bridgehead atoms. The first-order valence-electron chi connectivity index (χ1n) is 7.18. The fraction of sp³-hybridized carbons (Fsp3) is 0.0588. The van der Waals surface area contributed by atoms with Crippen molar-refractivity contribution in [2.24, 2.45) is 0 Å². The second-order valence-corrected chi connectivity index (χ2v) is 6.68. The fourth-order valence-electron chi connectivity index (χ4n) is 2.29. The van der Waals surface area contributed by atoms with Crippen LogP contribution in [0.15, 0.2) is 53.4 Å². The Hall–Kier alpha value is -2.64. The SMILES string of the molecule is O=C1S/C(=C\c2cccc([N+](=O)[O-])c2)C(=O)N1Cc1ccc(Cl)cc1. The highest BCUT2D eigenvalue weighted by atomic mass is 35.5. The Balaban J connectivity index is 1.82. The van der Waals surface area contributed by atoms with Crippen LogP contribution in [0, 0.1) is 10.1 Å². The van der Waals surface area contributed by atoms with Crippen molar-refractivity contribution in [2.45, 2.75) is 6.54 Å². The number of nitro groups is 1.